The Morgan fingerprint density at radius 3 is 2.88 bits per heavy atom. The van der Waals surface area contributed by atoms with E-state index in [2.05, 4.69) is 15.9 Å². The first kappa shape index (κ1) is 13.2. The third-order valence-electron chi connectivity index (χ3n) is 2.85. The third-order valence-corrected chi connectivity index (χ3v) is 5.84. The maximum absolute atomic E-state index is 11.0. The summed E-state index contributed by atoms with van der Waals surface area (Å²) in [5.74, 6) is 2.58. The largest absolute Gasteiger partial charge is 0.274 e. The van der Waals surface area contributed by atoms with E-state index in [4.69, 9.17) is 11.6 Å². The van der Waals surface area contributed by atoms with Gasteiger partial charge in [-0.3, -0.25) is 10.1 Å². The Kier molecular flexibility index (Phi) is 4.33. The first-order valence-electron chi connectivity index (χ1n) is 5.22. The highest BCUT2D eigenvalue weighted by molar-refractivity contribution is 9.09. The predicted octanol–water partition coefficient (Wildman–Crippen LogP) is 3.92. The lowest BCUT2D eigenvalue weighted by Gasteiger charge is -2.13. The topological polar surface area (TPSA) is 43.1 Å². The average Bonchev–Trinajstić information content (AvgIpc) is 2.67. The van der Waals surface area contributed by atoms with Gasteiger partial charge in [-0.25, -0.2) is 0 Å². The van der Waals surface area contributed by atoms with E-state index in [1.807, 2.05) is 11.8 Å². The van der Waals surface area contributed by atoms with E-state index in [1.165, 1.54) is 6.07 Å². The molecule has 1 aromatic carbocycles. The summed E-state index contributed by atoms with van der Waals surface area (Å²) >= 11 is 11.3. The second-order valence-corrected chi connectivity index (χ2v) is 6.74. The highest BCUT2D eigenvalue weighted by atomic mass is 79.9. The fourth-order valence-corrected chi connectivity index (χ4v) is 4.56. The second-order valence-electron chi connectivity index (χ2n) is 4.05. The van der Waals surface area contributed by atoms with Crippen molar-refractivity contribution in [1.82, 2.24) is 0 Å². The Morgan fingerprint density at radius 1 is 1.53 bits per heavy atom. The van der Waals surface area contributed by atoms with Gasteiger partial charge in [0.25, 0.3) is 5.69 Å². The van der Waals surface area contributed by atoms with Crippen LogP contribution in [-0.4, -0.2) is 21.3 Å². The van der Waals surface area contributed by atoms with E-state index in [1.54, 1.807) is 12.1 Å². The molecule has 0 radical (unpaired) electrons. The molecule has 1 saturated heterocycles. The molecular weight excluding hydrogens is 326 g/mol. The number of benzene rings is 1. The van der Waals surface area contributed by atoms with Crippen molar-refractivity contribution in [2.45, 2.75) is 11.2 Å². The summed E-state index contributed by atoms with van der Waals surface area (Å²) in [6, 6.07) is 4.92. The van der Waals surface area contributed by atoms with Crippen LogP contribution in [0.3, 0.4) is 0 Å². The number of nitrogens with zero attached hydrogens (tertiary/aromatic N) is 1. The van der Waals surface area contributed by atoms with Crippen molar-refractivity contribution in [1.29, 1.82) is 0 Å². The maximum Gasteiger partial charge on any atom is 0.274 e. The predicted molar refractivity (Wildman–Crippen MR) is 75.3 cm³/mol. The minimum atomic E-state index is -0.355. The maximum atomic E-state index is 11.0. The Hall–Kier alpha value is -0.260. The lowest BCUT2D eigenvalue weighted by atomic mass is 9.97. The lowest BCUT2D eigenvalue weighted by Crippen LogP contribution is -2.15. The van der Waals surface area contributed by atoms with Crippen molar-refractivity contribution in [3.8, 4) is 0 Å². The first-order chi connectivity index (χ1) is 8.08. The normalized spacial score (nSPS) is 23.9. The summed E-state index contributed by atoms with van der Waals surface area (Å²) in [6.45, 7) is 0. The van der Waals surface area contributed by atoms with Gasteiger partial charge in [0.05, 0.1) is 4.92 Å². The lowest BCUT2D eigenvalue weighted by molar-refractivity contribution is -0.385. The van der Waals surface area contributed by atoms with Crippen LogP contribution in [0.5, 0.6) is 0 Å². The molecule has 0 bridgehead atoms. The van der Waals surface area contributed by atoms with E-state index in [0.29, 0.717) is 15.8 Å². The van der Waals surface area contributed by atoms with E-state index in [0.717, 1.165) is 23.5 Å². The first-order valence-corrected chi connectivity index (χ1v) is 7.67. The molecule has 1 aromatic rings. The number of thioether (sulfide) groups is 1. The average molecular weight is 337 g/mol. The molecule has 3 nitrogen and oxygen atoms in total. The van der Waals surface area contributed by atoms with Gasteiger partial charge in [0.1, 0.15) is 0 Å². The number of hydrogen-bond donors (Lipinski definition) is 0. The fraction of sp³-hybridized carbons (Fsp3) is 0.455. The van der Waals surface area contributed by atoms with E-state index in [-0.39, 0.29) is 10.6 Å². The van der Waals surface area contributed by atoms with Gasteiger partial charge in [0.2, 0.25) is 0 Å². The molecule has 17 heavy (non-hydrogen) atoms. The summed E-state index contributed by atoms with van der Waals surface area (Å²) in [7, 11) is 0. The van der Waals surface area contributed by atoms with Crippen LogP contribution in [0.2, 0.25) is 5.02 Å². The molecule has 0 amide bonds. The molecule has 1 fully saturated rings. The van der Waals surface area contributed by atoms with Gasteiger partial charge in [0, 0.05) is 27.2 Å². The van der Waals surface area contributed by atoms with Gasteiger partial charge in [-0.2, -0.15) is 11.8 Å². The molecule has 2 rings (SSSR count). The van der Waals surface area contributed by atoms with Gasteiger partial charge in [-0.1, -0.05) is 33.6 Å². The van der Waals surface area contributed by atoms with Crippen LogP contribution >= 0.6 is 39.3 Å². The van der Waals surface area contributed by atoms with Crippen molar-refractivity contribution >= 4 is 45.0 Å². The molecular formula is C11H11BrClNO2S. The molecule has 92 valence electrons. The molecule has 1 aliphatic rings. The summed E-state index contributed by atoms with van der Waals surface area (Å²) in [4.78, 5) is 11.1. The molecule has 0 saturated carbocycles. The van der Waals surface area contributed by atoms with Gasteiger partial charge < -0.3 is 0 Å². The number of alkyl halides is 1. The van der Waals surface area contributed by atoms with Crippen LogP contribution in [-0.2, 0) is 6.42 Å². The van der Waals surface area contributed by atoms with Crippen LogP contribution in [0, 0.1) is 16.0 Å². The quantitative estimate of drug-likeness (QED) is 0.477. The molecule has 2 atom stereocenters. The summed E-state index contributed by atoms with van der Waals surface area (Å²) in [5, 5.41) is 11.4. The number of nitro groups is 1. The van der Waals surface area contributed by atoms with Crippen molar-refractivity contribution in [2.75, 3.05) is 11.5 Å². The number of hydrogen-bond acceptors (Lipinski definition) is 3. The molecule has 0 N–H and O–H groups in total. The second kappa shape index (κ2) is 5.59. The third kappa shape index (κ3) is 3.14. The van der Waals surface area contributed by atoms with Crippen LogP contribution < -0.4 is 0 Å². The molecule has 0 spiro atoms. The van der Waals surface area contributed by atoms with Crippen molar-refractivity contribution in [3.05, 3.63) is 38.9 Å². The Labute approximate surface area is 117 Å². The number of rotatable bonds is 3. The summed E-state index contributed by atoms with van der Waals surface area (Å²) in [6.07, 6.45) is 0.733. The number of nitro benzene ring substituents is 1. The van der Waals surface area contributed by atoms with Crippen LogP contribution in [0.25, 0.3) is 0 Å². The minimum Gasteiger partial charge on any atom is -0.258 e. The van der Waals surface area contributed by atoms with Gasteiger partial charge >= 0.3 is 0 Å². The Bertz CT molecular complexity index is 443. The fourth-order valence-electron chi connectivity index (χ4n) is 1.92. The van der Waals surface area contributed by atoms with Gasteiger partial charge in [0.15, 0.2) is 0 Å². The molecule has 2 unspecified atom stereocenters. The molecule has 1 aliphatic heterocycles. The van der Waals surface area contributed by atoms with E-state index >= 15 is 0 Å². The molecule has 0 aromatic heterocycles. The zero-order valence-electron chi connectivity index (χ0n) is 8.94. The Balaban J connectivity index is 2.22. The zero-order valence-corrected chi connectivity index (χ0v) is 12.1. The van der Waals surface area contributed by atoms with Crippen molar-refractivity contribution < 1.29 is 4.92 Å². The van der Waals surface area contributed by atoms with Crippen LogP contribution in [0.1, 0.15) is 5.56 Å². The standard InChI is InChI=1S/C11H11BrClNO2S/c12-10-6-17-5-8(10)3-7-1-2-9(13)4-11(7)14(15)16/h1-2,4,8,10H,3,5-6H2. The van der Waals surface area contributed by atoms with Crippen molar-refractivity contribution in [3.63, 3.8) is 0 Å². The number of halogens is 2. The SMILES string of the molecule is O=[N+]([O-])c1cc(Cl)ccc1CC1CSCC1Br. The molecule has 1 heterocycles. The smallest absolute Gasteiger partial charge is 0.258 e. The molecule has 0 aliphatic carbocycles. The highest BCUT2D eigenvalue weighted by Crippen LogP contribution is 2.34. The zero-order chi connectivity index (χ0) is 12.4. The van der Waals surface area contributed by atoms with Crippen LogP contribution in [0.4, 0.5) is 5.69 Å². The van der Waals surface area contributed by atoms with Crippen molar-refractivity contribution in [2.24, 2.45) is 5.92 Å². The van der Waals surface area contributed by atoms with Crippen LogP contribution in [0.15, 0.2) is 18.2 Å². The highest BCUT2D eigenvalue weighted by Gasteiger charge is 2.28. The Morgan fingerprint density at radius 2 is 2.29 bits per heavy atom. The minimum absolute atomic E-state index is 0.133. The van der Waals surface area contributed by atoms with Gasteiger partial charge in [-0.05, 0) is 24.2 Å². The summed E-state index contributed by atoms with van der Waals surface area (Å²) < 4.78 is 0. The monoisotopic (exact) mass is 335 g/mol. The van der Waals surface area contributed by atoms with E-state index in [9.17, 15) is 10.1 Å². The molecule has 6 heteroatoms. The summed E-state index contributed by atoms with van der Waals surface area (Å²) in [5.41, 5.74) is 0.908. The van der Waals surface area contributed by atoms with Gasteiger partial charge in [-0.15, -0.1) is 0 Å². The van der Waals surface area contributed by atoms with E-state index < -0.39 is 0 Å².